The highest BCUT2D eigenvalue weighted by Gasteiger charge is 2.32. The lowest BCUT2D eigenvalue weighted by molar-refractivity contribution is 0.0725. The second kappa shape index (κ2) is 7.51. The number of nitrogens with one attached hydrogen (secondary N) is 2. The van der Waals surface area contributed by atoms with Crippen LogP contribution in [-0.4, -0.2) is 53.4 Å². The van der Waals surface area contributed by atoms with E-state index in [1.165, 1.54) is 23.3 Å². The van der Waals surface area contributed by atoms with Gasteiger partial charge in [-0.2, -0.15) is 5.10 Å². The molecule has 2 aliphatic heterocycles. The summed E-state index contributed by atoms with van der Waals surface area (Å²) >= 11 is 3.40. The van der Waals surface area contributed by atoms with Crippen LogP contribution in [0, 0.1) is 5.92 Å². The molecular formula is C18H24N4OS2. The van der Waals surface area contributed by atoms with Crippen molar-refractivity contribution in [3.05, 3.63) is 23.4 Å². The molecule has 4 heterocycles. The molecule has 134 valence electrons. The number of piperidine rings is 1. The molecule has 0 spiro atoms. The van der Waals surface area contributed by atoms with E-state index >= 15 is 0 Å². The molecule has 2 N–H and O–H groups in total. The summed E-state index contributed by atoms with van der Waals surface area (Å²) in [6.07, 6.45) is 8.43. The van der Waals surface area contributed by atoms with E-state index in [0.717, 1.165) is 54.5 Å². The summed E-state index contributed by atoms with van der Waals surface area (Å²) in [5.74, 6) is 0.933. The van der Waals surface area contributed by atoms with Gasteiger partial charge in [0.25, 0.3) is 5.91 Å². The van der Waals surface area contributed by atoms with Crippen molar-refractivity contribution >= 4 is 29.0 Å². The summed E-state index contributed by atoms with van der Waals surface area (Å²) in [5, 5.41) is 10.6. The number of hydrogen-bond donors (Lipinski definition) is 2. The fraction of sp³-hybridized carbons (Fsp3) is 0.556. The summed E-state index contributed by atoms with van der Waals surface area (Å²) in [4.78, 5) is 16.4. The van der Waals surface area contributed by atoms with Gasteiger partial charge in [0, 0.05) is 19.3 Å². The molecule has 1 saturated heterocycles. The molecule has 2 aliphatic rings. The van der Waals surface area contributed by atoms with Gasteiger partial charge in [-0.25, -0.2) is 0 Å². The first kappa shape index (κ1) is 17.1. The van der Waals surface area contributed by atoms with Crippen molar-refractivity contribution in [2.24, 2.45) is 5.92 Å². The van der Waals surface area contributed by atoms with Crippen molar-refractivity contribution < 1.29 is 4.79 Å². The highest BCUT2D eigenvalue weighted by Crippen LogP contribution is 2.43. The van der Waals surface area contributed by atoms with Gasteiger partial charge < -0.3 is 10.2 Å². The second-order valence-electron chi connectivity index (χ2n) is 6.79. The van der Waals surface area contributed by atoms with Crippen LogP contribution in [0.15, 0.2) is 16.5 Å². The summed E-state index contributed by atoms with van der Waals surface area (Å²) in [6.45, 7) is 3.96. The number of fused-ring (bicyclic) bond motifs is 1. The van der Waals surface area contributed by atoms with E-state index in [9.17, 15) is 4.79 Å². The molecule has 2 aromatic heterocycles. The van der Waals surface area contributed by atoms with Gasteiger partial charge >= 0.3 is 0 Å². The third-order valence-corrected chi connectivity index (χ3v) is 7.63. The molecule has 4 rings (SSSR count). The monoisotopic (exact) mass is 376 g/mol. The van der Waals surface area contributed by atoms with Gasteiger partial charge in [0.05, 0.1) is 20.3 Å². The lowest BCUT2D eigenvalue weighted by Crippen LogP contribution is -2.40. The Kier molecular flexibility index (Phi) is 5.15. The van der Waals surface area contributed by atoms with E-state index in [1.54, 1.807) is 29.3 Å². The number of hydrogen-bond acceptors (Lipinski definition) is 5. The lowest BCUT2D eigenvalue weighted by Gasteiger charge is -2.30. The molecular weight excluding hydrogens is 352 g/mol. The molecule has 1 fully saturated rings. The quantitative estimate of drug-likeness (QED) is 0.787. The maximum atomic E-state index is 13.1. The average molecular weight is 377 g/mol. The Morgan fingerprint density at radius 2 is 2.40 bits per heavy atom. The number of aromatic amines is 1. The largest absolute Gasteiger partial charge is 0.338 e. The van der Waals surface area contributed by atoms with Gasteiger partial charge in [-0.15, -0.1) is 23.1 Å². The Morgan fingerprint density at radius 3 is 3.12 bits per heavy atom. The number of amides is 1. The van der Waals surface area contributed by atoms with Gasteiger partial charge in [-0.3, -0.25) is 9.89 Å². The summed E-state index contributed by atoms with van der Waals surface area (Å²) in [7, 11) is 0. The molecule has 0 saturated carbocycles. The van der Waals surface area contributed by atoms with Crippen molar-refractivity contribution in [1.29, 1.82) is 0 Å². The van der Waals surface area contributed by atoms with Crippen molar-refractivity contribution in [3.63, 3.8) is 0 Å². The molecule has 0 aliphatic carbocycles. The lowest BCUT2D eigenvalue weighted by atomic mass is 9.95. The van der Waals surface area contributed by atoms with Crippen LogP contribution in [-0.2, 0) is 6.42 Å². The number of aromatic nitrogens is 2. The smallest absolute Gasteiger partial charge is 0.256 e. The van der Waals surface area contributed by atoms with E-state index in [0.29, 0.717) is 5.92 Å². The fourth-order valence-electron chi connectivity index (χ4n) is 3.87. The van der Waals surface area contributed by atoms with Crippen LogP contribution in [0.3, 0.4) is 0 Å². The first-order valence-electron chi connectivity index (χ1n) is 8.97. The molecule has 25 heavy (non-hydrogen) atoms. The van der Waals surface area contributed by atoms with Crippen LogP contribution < -0.4 is 5.32 Å². The van der Waals surface area contributed by atoms with Crippen molar-refractivity contribution in [1.82, 2.24) is 20.4 Å². The van der Waals surface area contributed by atoms with Gasteiger partial charge in [-0.1, -0.05) is 0 Å². The van der Waals surface area contributed by atoms with E-state index < -0.39 is 0 Å². The van der Waals surface area contributed by atoms with Crippen LogP contribution in [0.25, 0.3) is 10.6 Å². The average Bonchev–Trinajstić information content (AvgIpc) is 3.29. The van der Waals surface area contributed by atoms with Gasteiger partial charge in [0.1, 0.15) is 0 Å². The topological polar surface area (TPSA) is 61.0 Å². The predicted octanol–water partition coefficient (Wildman–Crippen LogP) is 3.25. The van der Waals surface area contributed by atoms with Gasteiger partial charge in [0.2, 0.25) is 0 Å². The third kappa shape index (κ3) is 3.37. The highest BCUT2D eigenvalue weighted by molar-refractivity contribution is 8.00. The van der Waals surface area contributed by atoms with E-state index in [4.69, 9.17) is 0 Å². The molecule has 0 aromatic carbocycles. The highest BCUT2D eigenvalue weighted by atomic mass is 32.2. The molecule has 1 unspecified atom stereocenters. The molecule has 1 atom stereocenters. The van der Waals surface area contributed by atoms with E-state index in [2.05, 4.69) is 26.7 Å². The standard InChI is InChI=1S/C18H24N4OS2/c1-24-18-15-13(16(25-18)14-4-8-20-21-14)6-10-22(17(15)23)9-5-12-3-2-7-19-11-12/h4,8,12,19H,2-3,5-7,9-11H2,1H3,(H,20,21). The maximum Gasteiger partial charge on any atom is 0.256 e. The minimum Gasteiger partial charge on any atom is -0.338 e. The number of thiophene rings is 1. The van der Waals surface area contributed by atoms with Gasteiger partial charge in [-0.05, 0) is 62.6 Å². The zero-order chi connectivity index (χ0) is 17.2. The zero-order valence-electron chi connectivity index (χ0n) is 14.5. The Morgan fingerprint density at radius 1 is 1.48 bits per heavy atom. The molecule has 1 amide bonds. The van der Waals surface area contributed by atoms with Crippen LogP contribution in [0.4, 0.5) is 0 Å². The van der Waals surface area contributed by atoms with Crippen molar-refractivity contribution in [2.75, 3.05) is 32.4 Å². The van der Waals surface area contributed by atoms with Crippen LogP contribution >= 0.6 is 23.1 Å². The molecule has 0 bridgehead atoms. The first-order chi connectivity index (χ1) is 12.3. The Balaban J connectivity index is 1.53. The van der Waals surface area contributed by atoms with E-state index in [-0.39, 0.29) is 5.91 Å². The summed E-state index contributed by atoms with van der Waals surface area (Å²) in [6, 6.07) is 1.99. The van der Waals surface area contributed by atoms with Crippen molar-refractivity contribution in [2.45, 2.75) is 29.9 Å². The Bertz CT molecular complexity index is 735. The zero-order valence-corrected chi connectivity index (χ0v) is 16.1. The SMILES string of the molecule is CSc1sc(-c2ccn[nH]2)c2c1C(=O)N(CCC1CCCNC1)CC2. The molecule has 2 aromatic rings. The molecule has 7 heteroatoms. The summed E-state index contributed by atoms with van der Waals surface area (Å²) < 4.78 is 1.13. The van der Waals surface area contributed by atoms with Crippen LogP contribution in [0.5, 0.6) is 0 Å². The number of carbonyl (C=O) groups excluding carboxylic acids is 1. The third-order valence-electron chi connectivity index (χ3n) is 5.24. The van der Waals surface area contributed by atoms with Crippen molar-refractivity contribution in [3.8, 4) is 10.6 Å². The predicted molar refractivity (Wildman–Crippen MR) is 103 cm³/mol. The number of thioether (sulfide) groups is 1. The summed E-state index contributed by atoms with van der Waals surface area (Å²) in [5.41, 5.74) is 3.17. The molecule has 0 radical (unpaired) electrons. The Hall–Kier alpha value is -1.31. The minimum atomic E-state index is 0.219. The maximum absolute atomic E-state index is 13.1. The first-order valence-corrected chi connectivity index (χ1v) is 11.0. The minimum absolute atomic E-state index is 0.219. The van der Waals surface area contributed by atoms with Crippen LogP contribution in [0.1, 0.15) is 35.2 Å². The fourth-order valence-corrected chi connectivity index (χ4v) is 5.92. The van der Waals surface area contributed by atoms with E-state index in [1.807, 2.05) is 6.07 Å². The number of nitrogens with zero attached hydrogens (tertiary/aromatic N) is 2. The number of rotatable bonds is 5. The number of H-pyrrole nitrogens is 1. The molecule has 5 nitrogen and oxygen atoms in total. The number of carbonyl (C=O) groups is 1. The van der Waals surface area contributed by atoms with Crippen LogP contribution in [0.2, 0.25) is 0 Å². The normalized spacial score (nSPS) is 20.8. The second-order valence-corrected chi connectivity index (χ2v) is 8.89. The van der Waals surface area contributed by atoms with Gasteiger partial charge in [0.15, 0.2) is 0 Å². The Labute approximate surface area is 156 Å².